The van der Waals surface area contributed by atoms with Crippen molar-refractivity contribution in [1.29, 1.82) is 0 Å². The van der Waals surface area contributed by atoms with E-state index in [0.29, 0.717) is 25.8 Å². The number of aromatic nitrogens is 2. The average molecular weight is 609 g/mol. The third-order valence-electron chi connectivity index (χ3n) is 7.17. The number of nitrogens with zero attached hydrogens (tertiary/aromatic N) is 1. The van der Waals surface area contributed by atoms with Gasteiger partial charge in [-0.25, -0.2) is 9.36 Å². The first-order chi connectivity index (χ1) is 19.7. The second-order valence-corrected chi connectivity index (χ2v) is 12.2. The monoisotopic (exact) mass is 608 g/mol. The van der Waals surface area contributed by atoms with Gasteiger partial charge in [-0.1, -0.05) is 90.4 Å². The van der Waals surface area contributed by atoms with Crippen molar-refractivity contribution in [3.8, 4) is 0 Å². The van der Waals surface area contributed by atoms with Crippen molar-refractivity contribution in [2.45, 2.75) is 128 Å². The highest BCUT2D eigenvalue weighted by Crippen LogP contribution is 2.44. The van der Waals surface area contributed by atoms with Gasteiger partial charge in [0.25, 0.3) is 5.56 Å². The summed E-state index contributed by atoms with van der Waals surface area (Å²) in [5, 5.41) is 10.2. The Balaban J connectivity index is 1.43. The summed E-state index contributed by atoms with van der Waals surface area (Å²) in [7, 11) is -4.40. The molecule has 1 aliphatic rings. The molecule has 0 saturated carbocycles. The van der Waals surface area contributed by atoms with Gasteiger partial charge in [0.1, 0.15) is 12.3 Å². The summed E-state index contributed by atoms with van der Waals surface area (Å²) < 4.78 is 47.4. The van der Waals surface area contributed by atoms with Crippen molar-refractivity contribution < 1.29 is 37.5 Å². The van der Waals surface area contributed by atoms with E-state index in [0.717, 1.165) is 17.4 Å². The molecule has 0 aliphatic carbocycles. The van der Waals surface area contributed by atoms with Crippen LogP contribution in [0.15, 0.2) is 15.8 Å². The zero-order valence-corrected chi connectivity index (χ0v) is 25.4. The number of unbranched alkanes of at least 4 members (excludes halogenated alkanes) is 13. The Hall–Kier alpha value is -1.40. The minimum atomic E-state index is -4.40. The normalized spacial score (nSPS) is 20.4. The van der Waals surface area contributed by atoms with Crippen LogP contribution in [0.1, 0.15) is 116 Å². The second-order valence-electron chi connectivity index (χ2n) is 10.7. The van der Waals surface area contributed by atoms with Crippen LogP contribution in [0.3, 0.4) is 0 Å². The predicted molar refractivity (Wildman–Crippen MR) is 153 cm³/mol. The van der Waals surface area contributed by atoms with Crippen LogP contribution in [-0.2, 0) is 23.1 Å². The summed E-state index contributed by atoms with van der Waals surface area (Å²) in [5.41, 5.74) is -2.07. The van der Waals surface area contributed by atoms with Gasteiger partial charge >= 0.3 is 13.5 Å². The molecule has 1 aromatic rings. The Labute approximate surface area is 242 Å². The van der Waals surface area contributed by atoms with Crippen molar-refractivity contribution in [3.63, 3.8) is 0 Å². The molecule has 0 bridgehead atoms. The minimum Gasteiger partial charge on any atom is -0.390 e. The molecule has 1 fully saturated rings. The number of phosphoric ester groups is 1. The fraction of sp³-hybridized carbons (Fsp3) is 0.857. The molecule has 41 heavy (non-hydrogen) atoms. The summed E-state index contributed by atoms with van der Waals surface area (Å²) in [5.74, 6) is -1.18. The summed E-state index contributed by atoms with van der Waals surface area (Å²) in [6.45, 7) is 2.76. The highest BCUT2D eigenvalue weighted by Gasteiger charge is 2.37. The Bertz CT molecular complexity index is 1010. The number of phosphoric acid groups is 1. The van der Waals surface area contributed by atoms with E-state index in [9.17, 15) is 28.5 Å². The third-order valence-corrected chi connectivity index (χ3v) is 8.15. The van der Waals surface area contributed by atoms with Gasteiger partial charge in [0.15, 0.2) is 0 Å². The summed E-state index contributed by atoms with van der Waals surface area (Å²) in [6, 6.07) is 0. The number of ether oxygens (including phenoxy) is 2. The molecule has 1 aliphatic heterocycles. The largest absolute Gasteiger partial charge is 0.472 e. The SMILES string of the molecule is CCCCCCCCCCCCCCCCOCCCOP(=O)(O)OCC1OC(n2cc(F)c(=O)[nH]c2=O)CC1O. The molecule has 1 saturated heterocycles. The zero-order chi connectivity index (χ0) is 29.9. The van der Waals surface area contributed by atoms with Crippen LogP contribution < -0.4 is 11.2 Å². The highest BCUT2D eigenvalue weighted by atomic mass is 31.2. The first-order valence-corrected chi connectivity index (χ1v) is 16.8. The van der Waals surface area contributed by atoms with Crippen molar-refractivity contribution >= 4 is 7.82 Å². The maximum atomic E-state index is 13.5. The summed E-state index contributed by atoms with van der Waals surface area (Å²) >= 11 is 0. The zero-order valence-electron chi connectivity index (χ0n) is 24.5. The van der Waals surface area contributed by atoms with Crippen molar-refractivity contribution in [2.75, 3.05) is 26.4 Å². The van der Waals surface area contributed by atoms with E-state index in [2.05, 4.69) is 6.92 Å². The Kier molecular flexibility index (Phi) is 17.9. The molecule has 2 heterocycles. The van der Waals surface area contributed by atoms with Crippen LogP contribution in [0.5, 0.6) is 0 Å². The average Bonchev–Trinajstić information content (AvgIpc) is 3.31. The number of H-pyrrole nitrogens is 1. The number of aromatic amines is 1. The van der Waals surface area contributed by atoms with Crippen molar-refractivity contribution in [1.82, 2.24) is 9.55 Å². The lowest BCUT2D eigenvalue weighted by molar-refractivity contribution is -0.0469. The lowest BCUT2D eigenvalue weighted by Crippen LogP contribution is -2.34. The topological polar surface area (TPSA) is 149 Å². The molecule has 2 rings (SSSR count). The molecule has 1 aromatic heterocycles. The molecule has 4 atom stereocenters. The van der Waals surface area contributed by atoms with E-state index in [4.69, 9.17) is 18.5 Å². The molecule has 3 N–H and O–H groups in total. The molecule has 0 aromatic carbocycles. The highest BCUT2D eigenvalue weighted by molar-refractivity contribution is 7.47. The minimum absolute atomic E-state index is 0.0464. The van der Waals surface area contributed by atoms with Crippen molar-refractivity contribution in [2.24, 2.45) is 0 Å². The number of rotatable bonds is 24. The van der Waals surface area contributed by atoms with Gasteiger partial charge in [-0.3, -0.25) is 23.4 Å². The molecule has 0 amide bonds. The molecule has 0 spiro atoms. The van der Waals surface area contributed by atoms with Gasteiger partial charge in [-0.05, 0) is 12.8 Å². The van der Waals surface area contributed by atoms with Gasteiger partial charge in [0, 0.05) is 19.6 Å². The maximum absolute atomic E-state index is 13.5. The quantitative estimate of drug-likeness (QED) is 0.104. The number of halogens is 1. The fourth-order valence-electron chi connectivity index (χ4n) is 4.76. The molecule has 11 nitrogen and oxygen atoms in total. The van der Waals surface area contributed by atoms with Crippen LogP contribution in [0.25, 0.3) is 0 Å². The van der Waals surface area contributed by atoms with E-state index in [1.807, 2.05) is 0 Å². The number of hydrogen-bond donors (Lipinski definition) is 3. The van der Waals surface area contributed by atoms with Crippen LogP contribution >= 0.6 is 7.82 Å². The number of aliphatic hydroxyl groups is 1. The molecular formula is C28H50FN2O9P. The lowest BCUT2D eigenvalue weighted by atomic mass is 10.0. The van der Waals surface area contributed by atoms with Gasteiger partial charge in [0.05, 0.1) is 25.5 Å². The van der Waals surface area contributed by atoms with E-state index in [-0.39, 0.29) is 13.0 Å². The molecule has 4 unspecified atom stereocenters. The Morgan fingerprint density at radius 2 is 1.49 bits per heavy atom. The molecule has 13 heteroatoms. The van der Waals surface area contributed by atoms with Gasteiger partial charge < -0.3 is 19.5 Å². The van der Waals surface area contributed by atoms with E-state index in [1.54, 1.807) is 4.98 Å². The van der Waals surface area contributed by atoms with E-state index >= 15 is 0 Å². The molecule has 0 radical (unpaired) electrons. The van der Waals surface area contributed by atoms with Crippen LogP contribution in [0, 0.1) is 5.82 Å². The standard InChI is InChI=1S/C28H50FN2O9P/c1-2-3-4-5-6-7-8-9-10-11-12-13-14-15-17-37-18-16-19-38-41(35,36)39-22-25-24(32)20-26(40-25)31-21-23(29)27(33)30-28(31)34/h21,24-26,32H,2-20,22H2,1H3,(H,35,36)(H,30,33,34). The lowest BCUT2D eigenvalue weighted by Gasteiger charge is -2.18. The van der Waals surface area contributed by atoms with Crippen molar-refractivity contribution in [3.05, 3.63) is 32.9 Å². The summed E-state index contributed by atoms with van der Waals surface area (Å²) in [4.78, 5) is 34.8. The number of aliphatic hydroxyl groups excluding tert-OH is 1. The van der Waals surface area contributed by atoms with Gasteiger partial charge in [0.2, 0.25) is 5.82 Å². The van der Waals surface area contributed by atoms with Gasteiger partial charge in [-0.2, -0.15) is 4.39 Å². The maximum Gasteiger partial charge on any atom is 0.472 e. The number of hydrogen-bond acceptors (Lipinski definition) is 8. The number of nitrogens with one attached hydrogen (secondary N) is 1. The molecular weight excluding hydrogens is 558 g/mol. The van der Waals surface area contributed by atoms with Crippen LogP contribution in [0.2, 0.25) is 0 Å². The predicted octanol–water partition coefficient (Wildman–Crippen LogP) is 5.35. The van der Waals surface area contributed by atoms with Crippen LogP contribution in [0.4, 0.5) is 4.39 Å². The van der Waals surface area contributed by atoms with E-state index < -0.39 is 49.9 Å². The van der Waals surface area contributed by atoms with E-state index in [1.165, 1.54) is 77.0 Å². The summed E-state index contributed by atoms with van der Waals surface area (Å²) in [6.07, 6.45) is 15.9. The first kappa shape index (κ1) is 35.8. The smallest absolute Gasteiger partial charge is 0.390 e. The second kappa shape index (κ2) is 20.5. The fourth-order valence-corrected chi connectivity index (χ4v) is 5.53. The molecule has 238 valence electrons. The Morgan fingerprint density at radius 3 is 2.10 bits per heavy atom. The third kappa shape index (κ3) is 15.1. The van der Waals surface area contributed by atoms with Gasteiger partial charge in [-0.15, -0.1) is 0 Å². The van der Waals surface area contributed by atoms with Crippen LogP contribution in [-0.4, -0.2) is 58.2 Å². The first-order valence-electron chi connectivity index (χ1n) is 15.3. The Morgan fingerprint density at radius 1 is 0.927 bits per heavy atom.